The molecule has 6 heteroatoms. The van der Waals surface area contributed by atoms with Crippen molar-refractivity contribution in [3.8, 4) is 5.75 Å². The Bertz CT molecular complexity index is 993. The molecular weight excluding hydrogens is 380 g/mol. The molecule has 0 aliphatic rings. The van der Waals surface area contributed by atoms with Gasteiger partial charge in [-0.15, -0.1) is 0 Å². The minimum Gasteiger partial charge on any atom is -0.491 e. The molecule has 0 unspecified atom stereocenters. The molecule has 2 aromatic carbocycles. The molecule has 1 atom stereocenters. The molecule has 0 spiro atoms. The van der Waals surface area contributed by atoms with Gasteiger partial charge in [0, 0.05) is 11.6 Å². The van der Waals surface area contributed by atoms with Crippen molar-refractivity contribution in [1.29, 1.82) is 0 Å². The molecule has 2 N–H and O–H groups in total. The van der Waals surface area contributed by atoms with Gasteiger partial charge < -0.3 is 19.8 Å². The first-order valence-corrected chi connectivity index (χ1v) is 9.63. The van der Waals surface area contributed by atoms with Crippen molar-refractivity contribution in [2.75, 3.05) is 6.61 Å². The van der Waals surface area contributed by atoms with Crippen LogP contribution in [0.3, 0.4) is 0 Å². The maximum atomic E-state index is 12.8. The highest BCUT2D eigenvalue weighted by Crippen LogP contribution is 2.12. The predicted octanol–water partition coefficient (Wildman–Crippen LogP) is 3.94. The van der Waals surface area contributed by atoms with Crippen molar-refractivity contribution < 1.29 is 18.7 Å². The van der Waals surface area contributed by atoms with E-state index in [9.17, 15) is 9.59 Å². The zero-order valence-corrected chi connectivity index (χ0v) is 16.9. The Kier molecular flexibility index (Phi) is 7.05. The van der Waals surface area contributed by atoms with E-state index in [2.05, 4.69) is 10.6 Å². The van der Waals surface area contributed by atoms with Crippen molar-refractivity contribution in [3.05, 3.63) is 95.6 Å². The van der Waals surface area contributed by atoms with Gasteiger partial charge in [-0.25, -0.2) is 0 Å². The van der Waals surface area contributed by atoms with E-state index >= 15 is 0 Å². The molecule has 0 aliphatic carbocycles. The van der Waals surface area contributed by atoms with Crippen molar-refractivity contribution >= 4 is 17.9 Å². The number of carbonyl (C=O) groups excluding carboxylic acids is 2. The normalized spacial score (nSPS) is 12.1. The first-order valence-electron chi connectivity index (χ1n) is 9.63. The second-order valence-corrected chi connectivity index (χ2v) is 6.89. The average Bonchev–Trinajstić information content (AvgIpc) is 3.26. The third kappa shape index (κ3) is 6.10. The maximum absolute atomic E-state index is 12.8. The molecule has 1 heterocycles. The fraction of sp³-hybridized carbons (Fsp3) is 0.167. The quantitative estimate of drug-likeness (QED) is 0.557. The first-order chi connectivity index (χ1) is 14.5. The van der Waals surface area contributed by atoms with E-state index in [0.29, 0.717) is 11.3 Å². The third-order valence-electron chi connectivity index (χ3n) is 4.26. The Morgan fingerprint density at radius 1 is 1.03 bits per heavy atom. The number of benzene rings is 2. The fourth-order valence-corrected chi connectivity index (χ4v) is 2.66. The zero-order chi connectivity index (χ0) is 21.3. The van der Waals surface area contributed by atoms with Gasteiger partial charge in [0.15, 0.2) is 0 Å². The van der Waals surface area contributed by atoms with Crippen LogP contribution < -0.4 is 15.4 Å². The molecule has 0 fully saturated rings. The molecule has 3 aromatic rings. The van der Waals surface area contributed by atoms with Crippen LogP contribution in [0.1, 0.15) is 28.6 Å². The van der Waals surface area contributed by atoms with E-state index in [0.717, 1.165) is 11.3 Å². The number of rotatable bonds is 8. The standard InChI is InChI=1S/C24H24N2O4/c1-17-10-12-20(13-11-17)30-16-18(2)25-24(28)22(15-21-9-6-14-29-21)26-23(27)19-7-4-3-5-8-19/h3-15,18H,16H2,1-2H3,(H,25,28)(H,26,27)/b22-15-/t18-/m1/s1. The van der Waals surface area contributed by atoms with Crippen molar-refractivity contribution in [3.63, 3.8) is 0 Å². The van der Waals surface area contributed by atoms with Crippen LogP contribution in [0.15, 0.2) is 83.1 Å². The van der Waals surface area contributed by atoms with Crippen LogP contribution in [-0.4, -0.2) is 24.5 Å². The number of aryl methyl sites for hydroxylation is 1. The number of amides is 2. The molecule has 0 saturated heterocycles. The van der Waals surface area contributed by atoms with Crippen molar-refractivity contribution in [2.45, 2.75) is 19.9 Å². The predicted molar refractivity (Wildman–Crippen MR) is 115 cm³/mol. The highest BCUT2D eigenvalue weighted by Gasteiger charge is 2.17. The van der Waals surface area contributed by atoms with Crippen LogP contribution >= 0.6 is 0 Å². The summed E-state index contributed by atoms with van der Waals surface area (Å²) >= 11 is 0. The molecule has 3 rings (SSSR count). The summed E-state index contributed by atoms with van der Waals surface area (Å²) in [5.74, 6) is 0.366. The summed E-state index contributed by atoms with van der Waals surface area (Å²) < 4.78 is 11.0. The number of furan rings is 1. The molecule has 0 aliphatic heterocycles. The highest BCUT2D eigenvalue weighted by atomic mass is 16.5. The van der Waals surface area contributed by atoms with E-state index in [1.54, 1.807) is 36.4 Å². The van der Waals surface area contributed by atoms with Crippen LogP contribution in [0.4, 0.5) is 0 Å². The van der Waals surface area contributed by atoms with Crippen LogP contribution in [0.2, 0.25) is 0 Å². The summed E-state index contributed by atoms with van der Waals surface area (Å²) in [5, 5.41) is 5.51. The van der Waals surface area contributed by atoms with Gasteiger partial charge >= 0.3 is 0 Å². The van der Waals surface area contributed by atoms with Crippen LogP contribution in [0.5, 0.6) is 5.75 Å². The van der Waals surface area contributed by atoms with Gasteiger partial charge in [-0.05, 0) is 50.2 Å². The van der Waals surface area contributed by atoms with E-state index < -0.39 is 5.91 Å². The Morgan fingerprint density at radius 3 is 2.43 bits per heavy atom. The number of nitrogens with one attached hydrogen (secondary N) is 2. The van der Waals surface area contributed by atoms with Gasteiger partial charge in [-0.3, -0.25) is 9.59 Å². The molecule has 0 saturated carbocycles. The Balaban J connectivity index is 1.65. The van der Waals surface area contributed by atoms with Gasteiger partial charge in [0.25, 0.3) is 11.8 Å². The second kappa shape index (κ2) is 10.1. The summed E-state index contributed by atoms with van der Waals surface area (Å²) in [4.78, 5) is 25.3. The van der Waals surface area contributed by atoms with Crippen molar-refractivity contribution in [2.24, 2.45) is 0 Å². The lowest BCUT2D eigenvalue weighted by molar-refractivity contribution is -0.118. The Hall–Kier alpha value is -3.80. The largest absolute Gasteiger partial charge is 0.491 e. The monoisotopic (exact) mass is 404 g/mol. The van der Waals surface area contributed by atoms with E-state index in [4.69, 9.17) is 9.15 Å². The third-order valence-corrected chi connectivity index (χ3v) is 4.26. The summed E-state index contributed by atoms with van der Waals surface area (Å²) in [5.41, 5.74) is 1.68. The highest BCUT2D eigenvalue weighted by molar-refractivity contribution is 6.05. The summed E-state index contributed by atoms with van der Waals surface area (Å²) in [6, 6.07) is 19.5. The summed E-state index contributed by atoms with van der Waals surface area (Å²) in [7, 11) is 0. The van der Waals surface area contributed by atoms with Crippen LogP contribution in [-0.2, 0) is 4.79 Å². The fourth-order valence-electron chi connectivity index (χ4n) is 2.66. The van der Waals surface area contributed by atoms with Crippen molar-refractivity contribution in [1.82, 2.24) is 10.6 Å². The van der Waals surface area contributed by atoms with Gasteiger partial charge in [-0.2, -0.15) is 0 Å². The molecule has 2 amide bonds. The Morgan fingerprint density at radius 2 is 1.77 bits per heavy atom. The lowest BCUT2D eigenvalue weighted by Gasteiger charge is -2.17. The summed E-state index contributed by atoms with van der Waals surface area (Å²) in [6.07, 6.45) is 2.99. The minimum atomic E-state index is -0.435. The van der Waals surface area contributed by atoms with Crippen LogP contribution in [0, 0.1) is 6.92 Å². The molecule has 154 valence electrons. The van der Waals surface area contributed by atoms with E-state index in [-0.39, 0.29) is 24.3 Å². The summed E-state index contributed by atoms with van der Waals surface area (Å²) in [6.45, 7) is 4.12. The number of hydrogen-bond donors (Lipinski definition) is 2. The smallest absolute Gasteiger partial charge is 0.268 e. The molecule has 1 aromatic heterocycles. The molecule has 30 heavy (non-hydrogen) atoms. The number of ether oxygens (including phenoxy) is 1. The first kappa shape index (κ1) is 20.9. The van der Waals surface area contributed by atoms with Crippen LogP contribution in [0.25, 0.3) is 6.08 Å². The van der Waals surface area contributed by atoms with Gasteiger partial charge in [0.05, 0.1) is 12.3 Å². The molecule has 6 nitrogen and oxygen atoms in total. The minimum absolute atomic E-state index is 0.0842. The second-order valence-electron chi connectivity index (χ2n) is 6.89. The lowest BCUT2D eigenvalue weighted by atomic mass is 10.2. The van der Waals surface area contributed by atoms with E-state index in [1.165, 1.54) is 12.3 Å². The number of hydrogen-bond acceptors (Lipinski definition) is 4. The molecular formula is C24H24N2O4. The van der Waals surface area contributed by atoms with Gasteiger partial charge in [0.2, 0.25) is 0 Å². The number of carbonyl (C=O) groups is 2. The zero-order valence-electron chi connectivity index (χ0n) is 16.9. The molecule has 0 bridgehead atoms. The van der Waals surface area contributed by atoms with Gasteiger partial charge in [0.1, 0.15) is 23.8 Å². The molecule has 0 radical (unpaired) electrons. The average molecular weight is 404 g/mol. The SMILES string of the molecule is Cc1ccc(OC[C@@H](C)NC(=O)/C(=C/c2ccco2)NC(=O)c2ccccc2)cc1. The Labute approximate surface area is 175 Å². The maximum Gasteiger partial charge on any atom is 0.268 e. The topological polar surface area (TPSA) is 80.6 Å². The lowest BCUT2D eigenvalue weighted by Crippen LogP contribution is -2.41. The van der Waals surface area contributed by atoms with Gasteiger partial charge in [-0.1, -0.05) is 35.9 Å². The van der Waals surface area contributed by atoms with E-state index in [1.807, 2.05) is 44.2 Å².